The molecule has 3 aromatic carbocycles. The van der Waals surface area contributed by atoms with Crippen LogP contribution >= 0.6 is 34.2 Å². The fourth-order valence-electron chi connectivity index (χ4n) is 4.34. The summed E-state index contributed by atoms with van der Waals surface area (Å²) in [6, 6.07) is 32.5. The van der Waals surface area contributed by atoms with Gasteiger partial charge < -0.3 is 0 Å². The summed E-state index contributed by atoms with van der Waals surface area (Å²) in [6.45, 7) is 0. The minimum Gasteiger partial charge on any atom is -0.296 e. The molecule has 32 heavy (non-hydrogen) atoms. The Labute approximate surface area is 204 Å². The van der Waals surface area contributed by atoms with Crippen molar-refractivity contribution in [3.63, 3.8) is 0 Å². The van der Waals surface area contributed by atoms with E-state index >= 15 is 0 Å². The maximum absolute atomic E-state index is 11.8. The van der Waals surface area contributed by atoms with E-state index in [0.717, 1.165) is 28.5 Å². The van der Waals surface area contributed by atoms with Gasteiger partial charge in [0, 0.05) is 6.07 Å². The van der Waals surface area contributed by atoms with E-state index in [1.807, 2.05) is 59.3 Å². The largest absolute Gasteiger partial charge is 0.296 e. The van der Waals surface area contributed by atoms with Crippen molar-refractivity contribution in [2.75, 3.05) is 0 Å². The van der Waals surface area contributed by atoms with Gasteiger partial charge in [-0.3, -0.25) is 4.79 Å². The fraction of sp³-hybridized carbons (Fsp3) is 0.0385. The Balaban J connectivity index is 2.01. The summed E-state index contributed by atoms with van der Waals surface area (Å²) >= 11 is 8.52. The molecule has 0 N–H and O–H groups in total. The lowest BCUT2D eigenvalue weighted by Crippen LogP contribution is -2.38. The van der Waals surface area contributed by atoms with Gasteiger partial charge in [0.2, 0.25) is 0 Å². The van der Waals surface area contributed by atoms with E-state index in [1.165, 1.54) is 0 Å². The number of halogens is 2. The maximum Gasteiger partial charge on any atom is 0.169 e. The van der Waals surface area contributed by atoms with Crippen LogP contribution in [0.3, 0.4) is 0 Å². The minimum absolute atomic E-state index is 0.250. The number of hydrogen-bond donors (Lipinski definition) is 0. The van der Waals surface area contributed by atoms with E-state index < -0.39 is 5.54 Å². The van der Waals surface area contributed by atoms with Gasteiger partial charge in [-0.15, -0.1) is 0 Å². The second-order valence-corrected chi connectivity index (χ2v) is 8.76. The van der Waals surface area contributed by atoms with Crippen LogP contribution in [0, 0.1) is 3.70 Å². The predicted octanol–water partition coefficient (Wildman–Crippen LogP) is 6.34. The van der Waals surface area contributed by atoms with Crippen molar-refractivity contribution < 1.29 is 4.79 Å². The molecular weight excluding hydrogens is 533 g/mol. The van der Waals surface area contributed by atoms with Gasteiger partial charge in [-0.1, -0.05) is 103 Å². The summed E-state index contributed by atoms with van der Waals surface area (Å²) in [4.78, 5) is 16.1. The van der Waals surface area contributed by atoms with Crippen LogP contribution in [0.1, 0.15) is 27.2 Å². The van der Waals surface area contributed by atoms with Crippen molar-refractivity contribution >= 4 is 51.4 Å². The number of benzene rings is 3. The molecule has 0 bridgehead atoms. The monoisotopic (exact) mass is 549 g/mol. The van der Waals surface area contributed by atoms with Gasteiger partial charge in [-0.2, -0.15) is 5.10 Å². The summed E-state index contributed by atoms with van der Waals surface area (Å²) in [5.41, 5.74) is 3.35. The number of fused-ring (bicyclic) bond motifs is 1. The molecule has 0 unspecified atom stereocenters. The topological polar surface area (TPSA) is 47.8 Å². The van der Waals surface area contributed by atoms with Crippen molar-refractivity contribution in [3.05, 3.63) is 128 Å². The highest BCUT2D eigenvalue weighted by atomic mass is 127. The van der Waals surface area contributed by atoms with E-state index in [4.69, 9.17) is 16.7 Å². The summed E-state index contributed by atoms with van der Waals surface area (Å²) in [6.07, 6.45) is 0.734. The third-order valence-electron chi connectivity index (χ3n) is 5.62. The Morgan fingerprint density at radius 3 is 1.72 bits per heavy atom. The molecule has 156 valence electrons. The fourth-order valence-corrected chi connectivity index (χ4v) is 5.30. The third kappa shape index (κ3) is 3.24. The summed E-state index contributed by atoms with van der Waals surface area (Å²) in [7, 11) is 0. The lowest BCUT2D eigenvalue weighted by molar-refractivity contribution is 0.112. The molecule has 2 heterocycles. The minimum atomic E-state index is -0.795. The van der Waals surface area contributed by atoms with E-state index in [0.29, 0.717) is 9.09 Å². The Hall–Kier alpha value is -3.03. The van der Waals surface area contributed by atoms with Gasteiger partial charge in [-0.25, -0.2) is 9.67 Å². The molecule has 6 heteroatoms. The van der Waals surface area contributed by atoms with Crippen LogP contribution in [0.15, 0.2) is 97.1 Å². The van der Waals surface area contributed by atoms with Crippen LogP contribution in [-0.4, -0.2) is 21.1 Å². The van der Waals surface area contributed by atoms with Gasteiger partial charge in [0.1, 0.15) is 20.1 Å². The molecule has 0 aliphatic rings. The number of carbonyl (C=O) groups is 1. The molecule has 5 aromatic rings. The van der Waals surface area contributed by atoms with Gasteiger partial charge in [-0.05, 0) is 39.3 Å². The molecule has 0 aliphatic heterocycles. The molecule has 5 rings (SSSR count). The van der Waals surface area contributed by atoms with Gasteiger partial charge in [0.05, 0.1) is 10.9 Å². The third-order valence-corrected chi connectivity index (χ3v) is 6.57. The summed E-state index contributed by atoms with van der Waals surface area (Å²) < 4.78 is 2.67. The number of rotatable bonds is 5. The number of pyridine rings is 1. The van der Waals surface area contributed by atoms with Gasteiger partial charge in [0.25, 0.3) is 0 Å². The quantitative estimate of drug-likeness (QED) is 0.111. The molecule has 0 amide bonds. The molecule has 0 saturated carbocycles. The number of hydrogen-bond acceptors (Lipinski definition) is 3. The van der Waals surface area contributed by atoms with Crippen molar-refractivity contribution in [2.45, 2.75) is 5.54 Å². The Kier molecular flexibility index (Phi) is 5.53. The lowest BCUT2D eigenvalue weighted by atomic mass is 9.77. The van der Waals surface area contributed by atoms with Crippen molar-refractivity contribution in [3.8, 4) is 0 Å². The van der Waals surface area contributed by atoms with Crippen LogP contribution in [0.4, 0.5) is 0 Å². The first-order valence-corrected chi connectivity index (χ1v) is 11.5. The molecular formula is C26H17ClIN3O. The number of carbonyl (C=O) groups excluding carboxylic acids is 1. The van der Waals surface area contributed by atoms with Crippen molar-refractivity contribution in [2.24, 2.45) is 0 Å². The molecule has 0 aliphatic carbocycles. The first-order valence-electron chi connectivity index (χ1n) is 10.0. The average Bonchev–Trinajstić information content (AvgIpc) is 3.17. The predicted molar refractivity (Wildman–Crippen MR) is 135 cm³/mol. The Morgan fingerprint density at radius 1 is 0.812 bits per heavy atom. The van der Waals surface area contributed by atoms with E-state index in [1.54, 1.807) is 6.07 Å². The van der Waals surface area contributed by atoms with Crippen LogP contribution < -0.4 is 0 Å². The lowest BCUT2D eigenvalue weighted by Gasteiger charge is -2.37. The maximum atomic E-state index is 11.8. The van der Waals surface area contributed by atoms with E-state index in [-0.39, 0.29) is 10.8 Å². The molecule has 0 spiro atoms. The molecule has 0 saturated heterocycles. The van der Waals surface area contributed by atoms with Crippen molar-refractivity contribution in [1.82, 2.24) is 14.8 Å². The van der Waals surface area contributed by atoms with Crippen molar-refractivity contribution in [1.29, 1.82) is 0 Å². The number of aromatic nitrogens is 3. The highest BCUT2D eigenvalue weighted by molar-refractivity contribution is 14.1. The van der Waals surface area contributed by atoms with Crippen LogP contribution in [-0.2, 0) is 5.54 Å². The first kappa shape index (κ1) is 20.8. The summed E-state index contributed by atoms with van der Waals surface area (Å²) in [5, 5.41) is 5.93. The Bertz CT molecular complexity index is 1310. The van der Waals surface area contributed by atoms with E-state index in [9.17, 15) is 4.79 Å². The summed E-state index contributed by atoms with van der Waals surface area (Å²) in [5.74, 6) is 0. The second-order valence-electron chi connectivity index (χ2n) is 7.35. The molecule has 2 aromatic heterocycles. The zero-order valence-corrected chi connectivity index (χ0v) is 19.7. The second kappa shape index (κ2) is 8.48. The van der Waals surface area contributed by atoms with E-state index in [2.05, 4.69) is 64.0 Å². The standard InChI is InChI=1S/C26H17ClIN3O/c27-23-16-22-24(21(17-32)29-23)25(28)30-31(22)26(18-10-4-1-5-11-18,19-12-6-2-7-13-19)20-14-8-3-9-15-20/h1-17H. The zero-order valence-electron chi connectivity index (χ0n) is 16.8. The SMILES string of the molecule is O=Cc1nc(Cl)cc2c1c(I)nn2C(c1ccccc1)(c1ccccc1)c1ccccc1. The number of aldehydes is 1. The molecule has 0 atom stereocenters. The average molecular weight is 550 g/mol. The molecule has 0 radical (unpaired) electrons. The highest BCUT2D eigenvalue weighted by Crippen LogP contribution is 2.43. The smallest absolute Gasteiger partial charge is 0.169 e. The molecule has 4 nitrogen and oxygen atoms in total. The first-order chi connectivity index (χ1) is 15.7. The van der Waals surface area contributed by atoms with Crippen LogP contribution in [0.5, 0.6) is 0 Å². The van der Waals surface area contributed by atoms with Gasteiger partial charge >= 0.3 is 0 Å². The molecule has 0 fully saturated rings. The van der Waals surface area contributed by atoms with Crippen LogP contribution in [0.2, 0.25) is 5.15 Å². The van der Waals surface area contributed by atoms with Gasteiger partial charge in [0.15, 0.2) is 6.29 Å². The highest BCUT2D eigenvalue weighted by Gasteiger charge is 2.41. The van der Waals surface area contributed by atoms with Crippen LogP contribution in [0.25, 0.3) is 10.9 Å². The zero-order chi connectivity index (χ0) is 22.1. The normalized spacial score (nSPS) is 11.6. The Morgan fingerprint density at radius 2 is 1.28 bits per heavy atom. The number of nitrogens with zero attached hydrogens (tertiary/aromatic N) is 3.